The molecule has 1 aromatic heterocycles. The van der Waals surface area contributed by atoms with Crippen LogP contribution in [0.3, 0.4) is 0 Å². The van der Waals surface area contributed by atoms with Crippen molar-refractivity contribution in [3.05, 3.63) is 62.8 Å². The van der Waals surface area contributed by atoms with Crippen LogP contribution in [0.1, 0.15) is 52.1 Å². The van der Waals surface area contributed by atoms with E-state index in [-0.39, 0.29) is 17.8 Å². The standard InChI is InChI=1S/C22H20F3N3O4/c23-11-5-15(24)13(16(25)6-11)7-26-21(31)14-8-27-9-17-10-1-3-12(4-2-10)28(17)22(32)18(27)20(30)19(14)29/h5-6,8,10,12,17,30H,1-4,7,9H2,(H,26,31)/t10?,12?,17-/m1/s1. The first-order valence-corrected chi connectivity index (χ1v) is 10.5. The number of carbonyl (C=O) groups excluding carboxylic acids is 2. The summed E-state index contributed by atoms with van der Waals surface area (Å²) in [6.07, 6.45) is 5.01. The second kappa shape index (κ2) is 7.39. The Labute approximate surface area is 180 Å². The third kappa shape index (κ3) is 3.08. The number of fused-ring (bicyclic) bond motifs is 3. The number of nitrogens with zero attached hydrogens (tertiary/aromatic N) is 2. The van der Waals surface area contributed by atoms with Crippen LogP contribution in [0.5, 0.6) is 5.75 Å². The van der Waals surface area contributed by atoms with Gasteiger partial charge in [0, 0.05) is 43.0 Å². The zero-order chi connectivity index (χ0) is 22.7. The van der Waals surface area contributed by atoms with E-state index in [2.05, 4.69) is 5.32 Å². The van der Waals surface area contributed by atoms with Crippen LogP contribution in [0.25, 0.3) is 0 Å². The maximum atomic E-state index is 13.8. The maximum absolute atomic E-state index is 13.8. The number of benzene rings is 1. The predicted molar refractivity (Wildman–Crippen MR) is 106 cm³/mol. The number of pyridine rings is 1. The maximum Gasteiger partial charge on any atom is 0.275 e. The molecule has 168 valence electrons. The van der Waals surface area contributed by atoms with Crippen LogP contribution in [-0.2, 0) is 13.1 Å². The molecular weight excluding hydrogens is 427 g/mol. The van der Waals surface area contributed by atoms with E-state index in [1.54, 1.807) is 4.90 Å². The lowest BCUT2D eigenvalue weighted by molar-refractivity contribution is -0.0181. The summed E-state index contributed by atoms with van der Waals surface area (Å²) in [5.41, 5.74) is -2.20. The van der Waals surface area contributed by atoms with Gasteiger partial charge in [-0.15, -0.1) is 0 Å². The molecule has 6 rings (SSSR count). The van der Waals surface area contributed by atoms with Gasteiger partial charge in [0.25, 0.3) is 11.8 Å². The molecule has 0 radical (unpaired) electrons. The van der Waals surface area contributed by atoms with E-state index in [1.807, 2.05) is 0 Å². The number of rotatable bonds is 3. The van der Waals surface area contributed by atoms with Crippen molar-refractivity contribution in [2.45, 2.75) is 50.9 Å². The minimum atomic E-state index is -1.18. The molecule has 2 amide bonds. The van der Waals surface area contributed by atoms with E-state index in [0.29, 0.717) is 24.6 Å². The Morgan fingerprint density at radius 1 is 1.09 bits per heavy atom. The molecule has 32 heavy (non-hydrogen) atoms. The van der Waals surface area contributed by atoms with E-state index in [9.17, 15) is 32.7 Å². The van der Waals surface area contributed by atoms with Crippen molar-refractivity contribution in [2.24, 2.45) is 5.92 Å². The molecule has 0 unspecified atom stereocenters. The first kappa shape index (κ1) is 20.6. The predicted octanol–water partition coefficient (Wildman–Crippen LogP) is 2.30. The van der Waals surface area contributed by atoms with Crippen molar-refractivity contribution in [2.75, 3.05) is 0 Å². The number of aromatic nitrogens is 1. The zero-order valence-corrected chi connectivity index (χ0v) is 16.9. The Bertz CT molecular complexity index is 1180. The Balaban J connectivity index is 1.45. The third-order valence-electron chi connectivity index (χ3n) is 6.89. The molecule has 2 bridgehead atoms. The molecule has 2 aromatic rings. The Hall–Kier alpha value is -3.30. The van der Waals surface area contributed by atoms with Crippen molar-refractivity contribution in [3.8, 4) is 5.75 Å². The van der Waals surface area contributed by atoms with E-state index >= 15 is 0 Å². The average Bonchev–Trinajstić information content (AvgIpc) is 2.75. The number of hydrogen-bond donors (Lipinski definition) is 2. The highest BCUT2D eigenvalue weighted by molar-refractivity contribution is 5.99. The first-order valence-electron chi connectivity index (χ1n) is 10.5. The Kier molecular flexibility index (Phi) is 4.75. The Morgan fingerprint density at radius 2 is 1.75 bits per heavy atom. The summed E-state index contributed by atoms with van der Waals surface area (Å²) in [5.74, 6) is -5.33. The molecule has 1 aromatic carbocycles. The number of aromatic hydroxyl groups is 1. The van der Waals surface area contributed by atoms with E-state index in [1.165, 1.54) is 10.8 Å². The van der Waals surface area contributed by atoms with Crippen LogP contribution in [0.15, 0.2) is 23.1 Å². The van der Waals surface area contributed by atoms with Crippen molar-refractivity contribution >= 4 is 11.8 Å². The van der Waals surface area contributed by atoms with Gasteiger partial charge in [0.2, 0.25) is 5.43 Å². The highest BCUT2D eigenvalue weighted by Gasteiger charge is 2.48. The summed E-state index contributed by atoms with van der Waals surface area (Å²) in [5, 5.41) is 12.7. The minimum absolute atomic E-state index is 0.0669. The molecule has 2 N–H and O–H groups in total. The second-order valence-electron chi connectivity index (χ2n) is 8.60. The smallest absolute Gasteiger partial charge is 0.275 e. The van der Waals surface area contributed by atoms with Gasteiger partial charge in [0.15, 0.2) is 11.4 Å². The van der Waals surface area contributed by atoms with E-state index in [4.69, 9.17) is 0 Å². The van der Waals surface area contributed by atoms with Gasteiger partial charge in [-0.3, -0.25) is 14.4 Å². The van der Waals surface area contributed by atoms with Crippen LogP contribution in [0, 0.1) is 23.4 Å². The Morgan fingerprint density at radius 3 is 2.41 bits per heavy atom. The minimum Gasteiger partial charge on any atom is -0.503 e. The molecule has 1 atom stereocenters. The number of halogens is 3. The zero-order valence-electron chi connectivity index (χ0n) is 16.9. The second-order valence-corrected chi connectivity index (χ2v) is 8.60. The van der Waals surface area contributed by atoms with Crippen LogP contribution in [-0.4, -0.2) is 38.5 Å². The average molecular weight is 447 g/mol. The normalized spacial score (nSPS) is 23.7. The monoisotopic (exact) mass is 447 g/mol. The molecule has 4 heterocycles. The molecular formula is C22H20F3N3O4. The molecule has 1 aliphatic carbocycles. The lowest BCUT2D eigenvalue weighted by atomic mass is 9.73. The van der Waals surface area contributed by atoms with Gasteiger partial charge in [-0.2, -0.15) is 0 Å². The number of amides is 2. The number of hydrogen-bond acceptors (Lipinski definition) is 4. The molecule has 1 saturated carbocycles. The largest absolute Gasteiger partial charge is 0.503 e. The lowest BCUT2D eigenvalue weighted by Gasteiger charge is -2.53. The van der Waals surface area contributed by atoms with Crippen molar-refractivity contribution in [3.63, 3.8) is 0 Å². The topological polar surface area (TPSA) is 91.6 Å². The van der Waals surface area contributed by atoms with Crippen molar-refractivity contribution < 1.29 is 27.9 Å². The third-order valence-corrected chi connectivity index (χ3v) is 6.89. The molecule has 3 aliphatic heterocycles. The number of nitrogens with one attached hydrogen (secondary N) is 1. The number of piperidine rings is 2. The van der Waals surface area contributed by atoms with Gasteiger partial charge in [-0.25, -0.2) is 13.2 Å². The highest BCUT2D eigenvalue weighted by atomic mass is 19.1. The highest BCUT2D eigenvalue weighted by Crippen LogP contribution is 2.43. The molecule has 2 saturated heterocycles. The van der Waals surface area contributed by atoms with Gasteiger partial charge in [-0.05, 0) is 31.6 Å². The lowest BCUT2D eigenvalue weighted by Crippen LogP contribution is -2.61. The summed E-state index contributed by atoms with van der Waals surface area (Å²) < 4.78 is 42.1. The first-order chi connectivity index (χ1) is 15.3. The van der Waals surface area contributed by atoms with Crippen LogP contribution in [0.2, 0.25) is 0 Å². The van der Waals surface area contributed by atoms with Gasteiger partial charge in [-0.1, -0.05) is 0 Å². The van der Waals surface area contributed by atoms with Gasteiger partial charge in [0.1, 0.15) is 23.0 Å². The molecule has 4 aliphatic rings. The van der Waals surface area contributed by atoms with Crippen LogP contribution >= 0.6 is 0 Å². The van der Waals surface area contributed by atoms with Crippen molar-refractivity contribution in [1.82, 2.24) is 14.8 Å². The van der Waals surface area contributed by atoms with Crippen LogP contribution < -0.4 is 10.7 Å². The molecule has 10 heteroatoms. The van der Waals surface area contributed by atoms with Gasteiger partial charge in [0.05, 0.1) is 6.04 Å². The van der Waals surface area contributed by atoms with Gasteiger partial charge >= 0.3 is 0 Å². The summed E-state index contributed by atoms with van der Waals surface area (Å²) in [7, 11) is 0. The van der Waals surface area contributed by atoms with E-state index in [0.717, 1.165) is 25.7 Å². The fraction of sp³-hybridized carbons (Fsp3) is 0.409. The molecule has 7 nitrogen and oxygen atoms in total. The SMILES string of the molecule is O=C(NCc1c(F)cc(F)cc1F)c1cn2c(c(O)c1=O)C(=O)N1C3CCC(CC3)[C@H]1C2. The van der Waals surface area contributed by atoms with E-state index < -0.39 is 58.1 Å². The van der Waals surface area contributed by atoms with Gasteiger partial charge < -0.3 is 19.9 Å². The summed E-state index contributed by atoms with van der Waals surface area (Å²) in [6, 6.07) is 0.991. The summed E-state index contributed by atoms with van der Waals surface area (Å²) in [4.78, 5) is 40.1. The van der Waals surface area contributed by atoms with Crippen molar-refractivity contribution in [1.29, 1.82) is 0 Å². The quantitative estimate of drug-likeness (QED) is 0.756. The molecule has 0 spiro atoms. The fourth-order valence-electron chi connectivity index (χ4n) is 5.32. The molecule has 3 fully saturated rings. The number of carbonyl (C=O) groups is 2. The van der Waals surface area contributed by atoms with Crippen LogP contribution in [0.4, 0.5) is 13.2 Å². The summed E-state index contributed by atoms with van der Waals surface area (Å²) >= 11 is 0. The summed E-state index contributed by atoms with van der Waals surface area (Å²) in [6.45, 7) is -0.282. The fourth-order valence-corrected chi connectivity index (χ4v) is 5.32.